The molecule has 1 atom stereocenters. The highest BCUT2D eigenvalue weighted by molar-refractivity contribution is 7.97. The molecule has 0 heterocycles. The van der Waals surface area contributed by atoms with Crippen LogP contribution in [-0.2, 0) is 21.0 Å². The van der Waals surface area contributed by atoms with Crippen molar-refractivity contribution in [3.05, 3.63) is 84.9 Å². The van der Waals surface area contributed by atoms with Gasteiger partial charge in [-0.3, -0.25) is 0 Å². The van der Waals surface area contributed by atoms with E-state index in [2.05, 4.69) is 0 Å². The Labute approximate surface area is 171 Å². The topological polar surface area (TPSA) is 66.4 Å². The van der Waals surface area contributed by atoms with Crippen LogP contribution in [0.3, 0.4) is 0 Å². The Kier molecular flexibility index (Phi) is 6.26. The molecule has 0 saturated heterocycles. The third kappa shape index (κ3) is 4.77. The molecular formula is C21H18F2O4S2. The molecule has 0 aliphatic carbocycles. The summed E-state index contributed by atoms with van der Waals surface area (Å²) in [7, 11) is -6.37. The van der Waals surface area contributed by atoms with Gasteiger partial charge in [0.2, 0.25) is 0 Å². The lowest BCUT2D eigenvalue weighted by Crippen LogP contribution is -2.42. The van der Waals surface area contributed by atoms with Crippen molar-refractivity contribution in [3.63, 3.8) is 0 Å². The molecule has 0 aliphatic rings. The van der Waals surface area contributed by atoms with E-state index in [0.717, 1.165) is 21.6 Å². The Morgan fingerprint density at radius 1 is 0.862 bits per heavy atom. The van der Waals surface area contributed by atoms with Crippen LogP contribution < -0.4 is 4.74 Å². The van der Waals surface area contributed by atoms with Crippen LogP contribution in [0.2, 0.25) is 0 Å². The van der Waals surface area contributed by atoms with E-state index in [0.29, 0.717) is 0 Å². The molecule has 0 N–H and O–H groups in total. The predicted molar refractivity (Wildman–Crippen MR) is 106 cm³/mol. The fourth-order valence-electron chi connectivity index (χ4n) is 2.67. The van der Waals surface area contributed by atoms with E-state index < -0.39 is 32.4 Å². The van der Waals surface area contributed by atoms with Gasteiger partial charge in [0.15, 0.2) is 30.9 Å². The second-order valence-corrected chi connectivity index (χ2v) is 9.66. The second kappa shape index (κ2) is 8.52. The van der Waals surface area contributed by atoms with E-state index >= 15 is 0 Å². The standard InChI is InChI=1S/C21H18F2O4S2/c1-16(21(22,23)29(24,25)26)27-17-9-8-14-20(15-17)28(18-10-4-2-5-11-18)19-12-6-3-7-13-19/h2-16H,1H3. The zero-order valence-corrected chi connectivity index (χ0v) is 17.0. The zero-order chi connectivity index (χ0) is 21.1. The molecule has 1 unspecified atom stereocenters. The average Bonchev–Trinajstić information content (AvgIpc) is 2.69. The molecule has 3 aromatic rings. The van der Waals surface area contributed by atoms with Crippen LogP contribution in [0, 0.1) is 0 Å². The van der Waals surface area contributed by atoms with Crippen molar-refractivity contribution >= 4 is 21.0 Å². The average molecular weight is 437 g/mol. The van der Waals surface area contributed by atoms with E-state index in [1.807, 2.05) is 66.7 Å². The molecule has 0 radical (unpaired) electrons. The Morgan fingerprint density at radius 3 is 1.83 bits per heavy atom. The first-order chi connectivity index (χ1) is 13.7. The Balaban J connectivity index is 1.98. The molecule has 0 aromatic heterocycles. The van der Waals surface area contributed by atoms with E-state index in [9.17, 15) is 21.8 Å². The van der Waals surface area contributed by atoms with Crippen LogP contribution in [-0.4, -0.2) is 24.3 Å². The Morgan fingerprint density at radius 2 is 1.34 bits per heavy atom. The lowest BCUT2D eigenvalue weighted by Gasteiger charge is -2.26. The largest absolute Gasteiger partial charge is 0.743 e. The molecule has 3 aromatic carbocycles. The summed E-state index contributed by atoms with van der Waals surface area (Å²) in [5.74, 6) is 0.0580. The lowest BCUT2D eigenvalue weighted by molar-refractivity contribution is -0.0243. The number of ether oxygens (including phenoxy) is 1. The van der Waals surface area contributed by atoms with Gasteiger partial charge in [-0.2, -0.15) is 8.78 Å². The zero-order valence-electron chi connectivity index (χ0n) is 15.4. The maximum Gasteiger partial charge on any atom is 0.369 e. The van der Waals surface area contributed by atoms with E-state index in [1.165, 1.54) is 6.07 Å². The van der Waals surface area contributed by atoms with Gasteiger partial charge in [-0.1, -0.05) is 42.5 Å². The quantitative estimate of drug-likeness (QED) is 0.398. The Hall–Kier alpha value is -2.42. The monoisotopic (exact) mass is 436 g/mol. The molecule has 0 fully saturated rings. The summed E-state index contributed by atoms with van der Waals surface area (Å²) in [4.78, 5) is 2.85. The molecule has 0 bridgehead atoms. The first-order valence-corrected chi connectivity index (χ1v) is 11.3. The minimum Gasteiger partial charge on any atom is -0.743 e. The van der Waals surface area contributed by atoms with Crippen molar-refractivity contribution in [1.29, 1.82) is 0 Å². The number of rotatable bonds is 7. The molecule has 4 nitrogen and oxygen atoms in total. The van der Waals surface area contributed by atoms with Crippen molar-refractivity contribution < 1.29 is 26.5 Å². The fourth-order valence-corrected chi connectivity index (χ4v) is 5.25. The molecule has 3 rings (SSSR count). The van der Waals surface area contributed by atoms with Crippen LogP contribution in [0.1, 0.15) is 6.92 Å². The first kappa shape index (κ1) is 21.3. The van der Waals surface area contributed by atoms with Crippen LogP contribution in [0.15, 0.2) is 99.6 Å². The number of alkyl halides is 2. The molecule has 0 amide bonds. The number of hydrogen-bond donors (Lipinski definition) is 0. The summed E-state index contributed by atoms with van der Waals surface area (Å²) >= 11 is 0. The summed E-state index contributed by atoms with van der Waals surface area (Å²) in [6.45, 7) is 0.857. The molecule has 0 aliphatic heterocycles. The van der Waals surface area contributed by atoms with Crippen molar-refractivity contribution in [2.75, 3.05) is 0 Å². The predicted octanol–water partition coefficient (Wildman–Crippen LogP) is 4.69. The number of hydrogen-bond acceptors (Lipinski definition) is 4. The van der Waals surface area contributed by atoms with Crippen LogP contribution in [0.5, 0.6) is 5.75 Å². The maximum absolute atomic E-state index is 13.8. The highest BCUT2D eigenvalue weighted by atomic mass is 32.2. The highest BCUT2D eigenvalue weighted by Gasteiger charge is 2.46. The molecule has 152 valence electrons. The summed E-state index contributed by atoms with van der Waals surface area (Å²) in [6, 6.07) is 25.9. The third-order valence-electron chi connectivity index (χ3n) is 4.12. The third-order valence-corrected chi connectivity index (χ3v) is 7.33. The number of benzene rings is 3. The smallest absolute Gasteiger partial charge is 0.369 e. The highest BCUT2D eigenvalue weighted by Crippen LogP contribution is 2.34. The maximum atomic E-state index is 13.8. The molecule has 0 saturated carbocycles. The van der Waals surface area contributed by atoms with Gasteiger partial charge >= 0.3 is 5.25 Å². The van der Waals surface area contributed by atoms with Gasteiger partial charge in [0.25, 0.3) is 0 Å². The van der Waals surface area contributed by atoms with E-state index in [4.69, 9.17) is 4.74 Å². The minimum atomic E-state index is -5.84. The number of halogens is 2. The van der Waals surface area contributed by atoms with Crippen LogP contribution in [0.25, 0.3) is 0 Å². The van der Waals surface area contributed by atoms with Gasteiger partial charge in [0.05, 0.1) is 10.9 Å². The van der Waals surface area contributed by atoms with Crippen LogP contribution in [0.4, 0.5) is 8.78 Å². The lowest BCUT2D eigenvalue weighted by atomic mass is 10.3. The summed E-state index contributed by atoms with van der Waals surface area (Å²) in [5.41, 5.74) is 0. The van der Waals surface area contributed by atoms with Gasteiger partial charge < -0.3 is 9.29 Å². The van der Waals surface area contributed by atoms with Gasteiger partial charge in [0, 0.05) is 6.07 Å². The second-order valence-electron chi connectivity index (χ2n) is 6.18. The van der Waals surface area contributed by atoms with Gasteiger partial charge in [0.1, 0.15) is 5.75 Å². The van der Waals surface area contributed by atoms with Crippen molar-refractivity contribution in [2.45, 2.75) is 33.0 Å². The van der Waals surface area contributed by atoms with Crippen molar-refractivity contribution in [3.8, 4) is 5.75 Å². The molecule has 0 spiro atoms. The van der Waals surface area contributed by atoms with E-state index in [-0.39, 0.29) is 5.75 Å². The summed E-state index contributed by atoms with van der Waals surface area (Å²) in [5, 5.41) is -4.54. The molecular weight excluding hydrogens is 418 g/mol. The Bertz CT molecular complexity index is 1020. The van der Waals surface area contributed by atoms with Gasteiger partial charge in [-0.25, -0.2) is 8.42 Å². The van der Waals surface area contributed by atoms with Gasteiger partial charge in [-0.15, -0.1) is 0 Å². The van der Waals surface area contributed by atoms with Crippen molar-refractivity contribution in [1.82, 2.24) is 0 Å². The van der Waals surface area contributed by atoms with E-state index in [1.54, 1.807) is 12.1 Å². The van der Waals surface area contributed by atoms with Crippen molar-refractivity contribution in [2.24, 2.45) is 0 Å². The first-order valence-electron chi connectivity index (χ1n) is 8.64. The van der Waals surface area contributed by atoms with Crippen LogP contribution >= 0.6 is 0 Å². The van der Waals surface area contributed by atoms with Gasteiger partial charge in [-0.05, 0) is 43.3 Å². The summed E-state index contributed by atoms with van der Waals surface area (Å²) in [6.07, 6.45) is -2.13. The summed E-state index contributed by atoms with van der Waals surface area (Å²) < 4.78 is 65.2. The SMILES string of the molecule is CC(Oc1cccc([S+](c2ccccc2)c2ccccc2)c1)C(F)(F)S(=O)(=O)[O-]. The molecule has 29 heavy (non-hydrogen) atoms. The molecule has 8 heteroatoms. The normalized spacial score (nSPS) is 13.3. The minimum absolute atomic E-state index is 0.0580. The fraction of sp³-hybridized carbons (Fsp3) is 0.143.